The molecule has 0 aliphatic carbocycles. The first-order valence-electron chi connectivity index (χ1n) is 8.16. The third kappa shape index (κ3) is 3.63. The Morgan fingerprint density at radius 3 is 2.36 bits per heavy atom. The van der Waals surface area contributed by atoms with Crippen molar-refractivity contribution in [1.82, 2.24) is 0 Å². The van der Waals surface area contributed by atoms with Crippen molar-refractivity contribution >= 4 is 23.1 Å². The number of benzene rings is 2. The van der Waals surface area contributed by atoms with Crippen LogP contribution in [0.4, 0.5) is 15.8 Å². The first kappa shape index (κ1) is 18.4. The minimum Gasteiger partial charge on any atom is -0.397 e. The highest BCUT2D eigenvalue weighted by Gasteiger charge is 2.18. The molecule has 0 aliphatic rings. The zero-order valence-electron chi connectivity index (χ0n) is 14.7. The number of nitrogen functional groups attached to an aromatic ring is 2. The van der Waals surface area contributed by atoms with Crippen LogP contribution in [0.25, 0.3) is 0 Å². The molecule has 0 unspecified atom stereocenters. The number of anilines is 2. The average Bonchev–Trinajstić information content (AvgIpc) is 2.57. The average molecular weight is 342 g/mol. The standard InChI is InChI=1S/C19H23FN4O/c1-4-12-13(5-2)17(16(21)9-14(12)18(22)23)24-19(25)11-6-7-15(20)10(3)8-11/h6-9H,4-5,21H2,1-3H3,(H3,22,23)(H,24,25). The topological polar surface area (TPSA) is 105 Å². The van der Waals surface area contributed by atoms with E-state index in [2.05, 4.69) is 5.32 Å². The summed E-state index contributed by atoms with van der Waals surface area (Å²) in [6, 6.07) is 5.82. The van der Waals surface area contributed by atoms with E-state index >= 15 is 0 Å². The molecule has 1 amide bonds. The minimum atomic E-state index is -0.359. The van der Waals surface area contributed by atoms with Crippen molar-refractivity contribution in [2.24, 2.45) is 5.73 Å². The molecule has 2 rings (SSSR count). The van der Waals surface area contributed by atoms with Gasteiger partial charge in [-0.15, -0.1) is 0 Å². The fourth-order valence-corrected chi connectivity index (χ4v) is 2.96. The number of halogens is 1. The van der Waals surface area contributed by atoms with E-state index in [1.165, 1.54) is 18.2 Å². The molecule has 0 atom stereocenters. The Labute approximate surface area is 146 Å². The van der Waals surface area contributed by atoms with Gasteiger partial charge in [-0.1, -0.05) is 13.8 Å². The van der Waals surface area contributed by atoms with E-state index in [4.69, 9.17) is 16.9 Å². The van der Waals surface area contributed by atoms with Gasteiger partial charge >= 0.3 is 0 Å². The van der Waals surface area contributed by atoms with Crippen LogP contribution in [-0.2, 0) is 12.8 Å². The molecule has 2 aromatic carbocycles. The predicted molar refractivity (Wildman–Crippen MR) is 99.7 cm³/mol. The summed E-state index contributed by atoms with van der Waals surface area (Å²) in [6.07, 6.45) is 1.30. The smallest absolute Gasteiger partial charge is 0.255 e. The Morgan fingerprint density at radius 2 is 1.84 bits per heavy atom. The van der Waals surface area contributed by atoms with E-state index < -0.39 is 0 Å². The van der Waals surface area contributed by atoms with Crippen molar-refractivity contribution in [3.05, 3.63) is 57.9 Å². The molecule has 0 aromatic heterocycles. The summed E-state index contributed by atoms with van der Waals surface area (Å²) in [6.45, 7) is 5.52. The van der Waals surface area contributed by atoms with Crippen molar-refractivity contribution in [3.63, 3.8) is 0 Å². The zero-order chi connectivity index (χ0) is 18.7. The third-order valence-electron chi connectivity index (χ3n) is 4.24. The van der Waals surface area contributed by atoms with E-state index in [1.807, 2.05) is 13.8 Å². The first-order chi connectivity index (χ1) is 11.8. The van der Waals surface area contributed by atoms with Gasteiger partial charge in [-0.25, -0.2) is 4.39 Å². The van der Waals surface area contributed by atoms with Gasteiger partial charge in [0.1, 0.15) is 11.7 Å². The van der Waals surface area contributed by atoms with Crippen molar-refractivity contribution < 1.29 is 9.18 Å². The SMILES string of the molecule is CCc1c(C(=N)N)cc(N)c(NC(=O)c2ccc(F)c(C)c2)c1CC. The van der Waals surface area contributed by atoms with E-state index in [-0.39, 0.29) is 17.6 Å². The molecule has 0 radical (unpaired) electrons. The third-order valence-corrected chi connectivity index (χ3v) is 4.24. The molecule has 0 aliphatic heterocycles. The second kappa shape index (κ2) is 7.34. The number of carbonyl (C=O) groups excluding carboxylic acids is 1. The van der Waals surface area contributed by atoms with Crippen molar-refractivity contribution in [1.29, 1.82) is 5.41 Å². The number of rotatable bonds is 5. The van der Waals surface area contributed by atoms with Crippen LogP contribution in [0.1, 0.15) is 46.5 Å². The zero-order valence-corrected chi connectivity index (χ0v) is 14.7. The highest BCUT2D eigenvalue weighted by Crippen LogP contribution is 2.31. The van der Waals surface area contributed by atoms with Gasteiger partial charge in [0.2, 0.25) is 0 Å². The molecule has 6 heteroatoms. The number of aryl methyl sites for hydroxylation is 1. The molecular weight excluding hydrogens is 319 g/mol. The van der Waals surface area contributed by atoms with Gasteiger partial charge in [0.15, 0.2) is 0 Å². The van der Waals surface area contributed by atoms with Crippen molar-refractivity contribution in [2.75, 3.05) is 11.1 Å². The summed E-state index contributed by atoms with van der Waals surface area (Å²) >= 11 is 0. The molecule has 0 saturated heterocycles. The molecule has 132 valence electrons. The maximum atomic E-state index is 13.4. The van der Waals surface area contributed by atoms with Gasteiger partial charge in [-0.05, 0) is 60.7 Å². The Bertz CT molecular complexity index is 846. The molecule has 5 nitrogen and oxygen atoms in total. The molecule has 0 fully saturated rings. The molecular formula is C19H23FN4O. The van der Waals surface area contributed by atoms with Gasteiger partial charge in [-0.2, -0.15) is 0 Å². The lowest BCUT2D eigenvalue weighted by Crippen LogP contribution is -2.20. The Morgan fingerprint density at radius 1 is 1.20 bits per heavy atom. The van der Waals surface area contributed by atoms with E-state index in [0.29, 0.717) is 40.9 Å². The number of amidine groups is 1. The van der Waals surface area contributed by atoms with Gasteiger partial charge < -0.3 is 16.8 Å². The summed E-state index contributed by atoms with van der Waals surface area (Å²) in [4.78, 5) is 12.6. The molecule has 0 heterocycles. The number of carbonyl (C=O) groups is 1. The van der Waals surface area contributed by atoms with Crippen LogP contribution >= 0.6 is 0 Å². The monoisotopic (exact) mass is 342 g/mol. The first-order valence-corrected chi connectivity index (χ1v) is 8.16. The predicted octanol–water partition coefficient (Wildman–Crippen LogP) is 3.38. The van der Waals surface area contributed by atoms with Crippen molar-refractivity contribution in [3.8, 4) is 0 Å². The molecule has 0 bridgehead atoms. The van der Waals surface area contributed by atoms with Crippen LogP contribution < -0.4 is 16.8 Å². The van der Waals surface area contributed by atoms with Gasteiger partial charge in [-0.3, -0.25) is 10.2 Å². The maximum absolute atomic E-state index is 13.4. The quantitative estimate of drug-likeness (QED) is 0.380. The molecule has 0 spiro atoms. The normalized spacial score (nSPS) is 10.6. The lowest BCUT2D eigenvalue weighted by Gasteiger charge is -2.19. The van der Waals surface area contributed by atoms with Crippen LogP contribution in [0.2, 0.25) is 0 Å². The molecule has 6 N–H and O–H groups in total. The second-order valence-electron chi connectivity index (χ2n) is 5.88. The van der Waals surface area contributed by atoms with Crippen molar-refractivity contribution in [2.45, 2.75) is 33.6 Å². The van der Waals surface area contributed by atoms with Crippen LogP contribution in [0.3, 0.4) is 0 Å². The Kier molecular flexibility index (Phi) is 5.41. The van der Waals surface area contributed by atoms with Crippen LogP contribution in [0.15, 0.2) is 24.3 Å². The fraction of sp³-hybridized carbons (Fsp3) is 0.263. The number of amides is 1. The molecule has 0 saturated carbocycles. The number of nitrogens with two attached hydrogens (primary N) is 2. The second-order valence-corrected chi connectivity index (χ2v) is 5.88. The fourth-order valence-electron chi connectivity index (χ4n) is 2.96. The van der Waals surface area contributed by atoms with E-state index in [1.54, 1.807) is 13.0 Å². The van der Waals surface area contributed by atoms with Gasteiger partial charge in [0.05, 0.1) is 11.4 Å². The number of nitrogens with one attached hydrogen (secondary N) is 2. The Balaban J connectivity index is 2.49. The van der Waals surface area contributed by atoms with Crippen LogP contribution in [0.5, 0.6) is 0 Å². The highest BCUT2D eigenvalue weighted by molar-refractivity contribution is 6.08. The molecule has 25 heavy (non-hydrogen) atoms. The minimum absolute atomic E-state index is 0.0507. The largest absolute Gasteiger partial charge is 0.397 e. The Hall–Kier alpha value is -2.89. The van der Waals surface area contributed by atoms with E-state index in [0.717, 1.165) is 11.1 Å². The molecule has 2 aromatic rings. The summed E-state index contributed by atoms with van der Waals surface area (Å²) in [5.74, 6) is -0.767. The van der Waals surface area contributed by atoms with E-state index in [9.17, 15) is 9.18 Å². The summed E-state index contributed by atoms with van der Waals surface area (Å²) in [5.41, 5.74) is 15.8. The van der Waals surface area contributed by atoms with Crippen LogP contribution in [0, 0.1) is 18.2 Å². The number of hydrogen-bond acceptors (Lipinski definition) is 3. The van der Waals surface area contributed by atoms with Crippen LogP contribution in [-0.4, -0.2) is 11.7 Å². The summed E-state index contributed by atoms with van der Waals surface area (Å²) in [5, 5.41) is 10.6. The lowest BCUT2D eigenvalue weighted by molar-refractivity contribution is 0.102. The maximum Gasteiger partial charge on any atom is 0.255 e. The lowest BCUT2D eigenvalue weighted by atomic mass is 9.93. The van der Waals surface area contributed by atoms with Gasteiger partial charge in [0, 0.05) is 11.1 Å². The highest BCUT2D eigenvalue weighted by atomic mass is 19.1. The number of hydrogen-bond donors (Lipinski definition) is 4. The summed E-state index contributed by atoms with van der Waals surface area (Å²) < 4.78 is 13.4. The summed E-state index contributed by atoms with van der Waals surface area (Å²) in [7, 11) is 0. The van der Waals surface area contributed by atoms with Gasteiger partial charge in [0.25, 0.3) is 5.91 Å².